The van der Waals surface area contributed by atoms with Gasteiger partial charge in [0.15, 0.2) is 0 Å². The maximum absolute atomic E-state index is 14.6. The summed E-state index contributed by atoms with van der Waals surface area (Å²) in [5, 5.41) is 27.1. The minimum absolute atomic E-state index is 0.0108. The number of nitrogens with one attached hydrogen (secondary N) is 5. The number of aromatic nitrogens is 2. The van der Waals surface area contributed by atoms with Crippen molar-refractivity contribution >= 4 is 52.0 Å². The van der Waals surface area contributed by atoms with Crippen LogP contribution in [-0.4, -0.2) is 57.7 Å². The molecule has 0 bridgehead atoms. The Morgan fingerprint density at radius 1 is 1.00 bits per heavy atom. The lowest BCUT2D eigenvalue weighted by Crippen LogP contribution is -2.48. The van der Waals surface area contributed by atoms with E-state index in [0.717, 1.165) is 16.7 Å². The van der Waals surface area contributed by atoms with Crippen LogP contribution in [0.5, 0.6) is 0 Å². The fraction of sp³-hybridized carbons (Fsp3) is 0.343. The van der Waals surface area contributed by atoms with Crippen molar-refractivity contribution in [3.63, 3.8) is 0 Å². The molecule has 13 heteroatoms. The van der Waals surface area contributed by atoms with Gasteiger partial charge in [-0.05, 0) is 80.8 Å². The quantitative estimate of drug-likeness (QED) is 0.116. The van der Waals surface area contributed by atoms with Crippen molar-refractivity contribution in [2.75, 3.05) is 11.9 Å². The van der Waals surface area contributed by atoms with Gasteiger partial charge in [-0.2, -0.15) is 5.10 Å². The standard InChI is InChI=1S/C35H38ClFN6O5/c1-19(2)40-33(45)24-11-12-26(28(36)14-24)22-7-3-20(4-8-22)13-31(34(46)41-25-15-29(37)27-18-39-43-30(27)16-25)42-32(44)23-9-5-21(6-10-23)17-38-35(47)48/h3-4,7-8,11-12,14-16,18-19,21,23,31,38H,5-6,9-10,13,17H2,1-2H3,(H,39,43)(H,40,45)(H,41,46)(H,42,44)(H,47,48)/t21?,23?,31-/m0/s1. The van der Waals surface area contributed by atoms with E-state index in [-0.39, 0.29) is 41.8 Å². The Morgan fingerprint density at radius 3 is 2.40 bits per heavy atom. The van der Waals surface area contributed by atoms with Crippen molar-refractivity contribution in [3.8, 4) is 11.1 Å². The normalized spacial score (nSPS) is 16.7. The van der Waals surface area contributed by atoms with Crippen LogP contribution in [0, 0.1) is 17.7 Å². The van der Waals surface area contributed by atoms with E-state index in [2.05, 4.69) is 31.5 Å². The van der Waals surface area contributed by atoms with Crippen LogP contribution in [0.15, 0.2) is 60.8 Å². The number of nitrogens with zero attached hydrogens (tertiary/aromatic N) is 1. The molecule has 11 nitrogen and oxygen atoms in total. The zero-order valence-electron chi connectivity index (χ0n) is 26.6. The van der Waals surface area contributed by atoms with E-state index < -0.39 is 23.9 Å². The van der Waals surface area contributed by atoms with Gasteiger partial charge in [0.05, 0.1) is 17.1 Å². The molecule has 1 saturated carbocycles. The summed E-state index contributed by atoms with van der Waals surface area (Å²) in [5.74, 6) is -1.71. The second-order valence-electron chi connectivity index (χ2n) is 12.5. The third-order valence-electron chi connectivity index (χ3n) is 8.52. The summed E-state index contributed by atoms with van der Waals surface area (Å²) in [6.07, 6.45) is 2.96. The number of carbonyl (C=O) groups excluding carboxylic acids is 3. The number of anilines is 1. The van der Waals surface area contributed by atoms with Gasteiger partial charge in [-0.1, -0.05) is 41.9 Å². The first-order valence-electron chi connectivity index (χ1n) is 15.9. The number of H-pyrrole nitrogens is 1. The van der Waals surface area contributed by atoms with Crippen LogP contribution in [0.1, 0.15) is 55.5 Å². The maximum Gasteiger partial charge on any atom is 0.404 e. The van der Waals surface area contributed by atoms with E-state index in [1.807, 2.05) is 38.1 Å². The van der Waals surface area contributed by atoms with E-state index in [1.54, 1.807) is 24.3 Å². The number of rotatable bonds is 11. The first-order valence-corrected chi connectivity index (χ1v) is 16.2. The van der Waals surface area contributed by atoms with Crippen molar-refractivity contribution in [3.05, 3.63) is 82.8 Å². The number of hydrogen-bond donors (Lipinski definition) is 6. The van der Waals surface area contributed by atoms with Crippen LogP contribution < -0.4 is 21.3 Å². The van der Waals surface area contributed by atoms with Gasteiger partial charge in [-0.25, -0.2) is 9.18 Å². The summed E-state index contributed by atoms with van der Waals surface area (Å²) >= 11 is 6.56. The molecule has 0 unspecified atom stereocenters. The average molecular weight is 677 g/mol. The van der Waals surface area contributed by atoms with E-state index in [1.165, 1.54) is 12.3 Å². The van der Waals surface area contributed by atoms with Gasteiger partial charge >= 0.3 is 6.09 Å². The Morgan fingerprint density at radius 2 is 1.73 bits per heavy atom. The molecule has 1 fully saturated rings. The predicted molar refractivity (Wildman–Crippen MR) is 181 cm³/mol. The topological polar surface area (TPSA) is 165 Å². The molecule has 1 aromatic heterocycles. The monoisotopic (exact) mass is 676 g/mol. The van der Waals surface area contributed by atoms with Gasteiger partial charge in [0.2, 0.25) is 11.8 Å². The van der Waals surface area contributed by atoms with Gasteiger partial charge in [0.1, 0.15) is 11.9 Å². The number of halogens is 2. The number of fused-ring (bicyclic) bond motifs is 1. The fourth-order valence-electron chi connectivity index (χ4n) is 5.96. The number of benzene rings is 3. The molecule has 6 N–H and O–H groups in total. The number of amides is 4. The van der Waals surface area contributed by atoms with Crippen molar-refractivity contribution < 1.29 is 28.7 Å². The van der Waals surface area contributed by atoms with Crippen molar-refractivity contribution in [1.82, 2.24) is 26.1 Å². The molecule has 48 heavy (non-hydrogen) atoms. The van der Waals surface area contributed by atoms with Crippen LogP contribution in [0.3, 0.4) is 0 Å². The van der Waals surface area contributed by atoms with Crippen molar-refractivity contribution in [2.45, 2.75) is 58.0 Å². The molecule has 1 aliphatic rings. The van der Waals surface area contributed by atoms with E-state index in [4.69, 9.17) is 16.7 Å². The Bertz CT molecular complexity index is 1800. The number of carbonyl (C=O) groups is 4. The zero-order chi connectivity index (χ0) is 34.4. The molecule has 4 aromatic rings. The number of hydrogen-bond acceptors (Lipinski definition) is 5. The molecule has 0 radical (unpaired) electrons. The number of aromatic amines is 1. The third-order valence-corrected chi connectivity index (χ3v) is 8.84. The predicted octanol–water partition coefficient (Wildman–Crippen LogP) is 5.90. The number of carboxylic acid groups (broad SMARTS) is 1. The second kappa shape index (κ2) is 15.3. The highest BCUT2D eigenvalue weighted by Crippen LogP contribution is 2.31. The van der Waals surface area contributed by atoms with Crippen LogP contribution in [0.2, 0.25) is 5.02 Å². The Labute approximate surface area is 282 Å². The molecule has 0 saturated heterocycles. The highest BCUT2D eigenvalue weighted by atomic mass is 35.5. The molecule has 0 aliphatic heterocycles. The van der Waals surface area contributed by atoms with Gasteiger partial charge in [0.25, 0.3) is 5.91 Å². The first kappa shape index (κ1) is 34.4. The molecule has 4 amide bonds. The molecule has 252 valence electrons. The van der Waals surface area contributed by atoms with Crippen LogP contribution in [0.25, 0.3) is 22.0 Å². The molecule has 1 aliphatic carbocycles. The molecule has 1 heterocycles. The van der Waals surface area contributed by atoms with Gasteiger partial charge in [0, 0.05) is 46.8 Å². The van der Waals surface area contributed by atoms with E-state index in [9.17, 15) is 23.6 Å². The summed E-state index contributed by atoms with van der Waals surface area (Å²) in [6.45, 7) is 4.10. The molecule has 1 atom stereocenters. The van der Waals surface area contributed by atoms with E-state index >= 15 is 0 Å². The van der Waals surface area contributed by atoms with Crippen LogP contribution in [-0.2, 0) is 16.0 Å². The summed E-state index contributed by atoms with van der Waals surface area (Å²) in [6, 6.07) is 14.3. The lowest BCUT2D eigenvalue weighted by molar-refractivity contribution is -0.130. The Balaban J connectivity index is 1.31. The van der Waals surface area contributed by atoms with Gasteiger partial charge < -0.3 is 26.4 Å². The highest BCUT2D eigenvalue weighted by Gasteiger charge is 2.30. The fourth-order valence-corrected chi connectivity index (χ4v) is 6.25. The van der Waals surface area contributed by atoms with Crippen LogP contribution in [0.4, 0.5) is 14.9 Å². The van der Waals surface area contributed by atoms with E-state index in [0.29, 0.717) is 53.7 Å². The summed E-state index contributed by atoms with van der Waals surface area (Å²) < 4.78 is 14.6. The molecular formula is C35H38ClFN6O5. The van der Waals surface area contributed by atoms with Gasteiger partial charge in [-0.15, -0.1) is 0 Å². The van der Waals surface area contributed by atoms with Gasteiger partial charge in [-0.3, -0.25) is 19.5 Å². The smallest absolute Gasteiger partial charge is 0.404 e. The molecular weight excluding hydrogens is 639 g/mol. The summed E-state index contributed by atoms with van der Waals surface area (Å²) in [7, 11) is 0. The summed E-state index contributed by atoms with van der Waals surface area (Å²) in [5.41, 5.74) is 3.40. The molecule has 5 rings (SSSR count). The Hall–Kier alpha value is -4.97. The first-order chi connectivity index (χ1) is 23.0. The van der Waals surface area contributed by atoms with Crippen molar-refractivity contribution in [2.24, 2.45) is 11.8 Å². The largest absolute Gasteiger partial charge is 0.465 e. The zero-order valence-corrected chi connectivity index (χ0v) is 27.4. The highest BCUT2D eigenvalue weighted by molar-refractivity contribution is 6.33. The molecule has 0 spiro atoms. The SMILES string of the molecule is CC(C)NC(=O)c1ccc(-c2ccc(C[C@H](NC(=O)C3CCC(CNC(=O)O)CC3)C(=O)Nc3cc(F)c4cn[nH]c4c3)cc2)c(Cl)c1. The second-order valence-corrected chi connectivity index (χ2v) is 12.9. The lowest BCUT2D eigenvalue weighted by Gasteiger charge is -2.29. The third kappa shape index (κ3) is 8.68. The Kier molecular flexibility index (Phi) is 10.9. The minimum Gasteiger partial charge on any atom is -0.465 e. The van der Waals surface area contributed by atoms with Crippen LogP contribution >= 0.6 is 11.6 Å². The van der Waals surface area contributed by atoms with Crippen molar-refractivity contribution in [1.29, 1.82) is 0 Å². The summed E-state index contributed by atoms with van der Waals surface area (Å²) in [4.78, 5) is 50.3. The maximum atomic E-state index is 14.6. The average Bonchev–Trinajstić information content (AvgIpc) is 3.53. The minimum atomic E-state index is -1.07. The lowest BCUT2D eigenvalue weighted by atomic mass is 9.81. The molecule has 3 aromatic carbocycles.